The van der Waals surface area contributed by atoms with Gasteiger partial charge in [-0.1, -0.05) is 6.42 Å². The van der Waals surface area contributed by atoms with E-state index in [1.54, 1.807) is 0 Å². The lowest BCUT2D eigenvalue weighted by Gasteiger charge is -2.38. The molecule has 58 valence electrons. The Labute approximate surface area is 62.4 Å². The molecule has 4 atom stereocenters. The second-order valence-corrected chi connectivity index (χ2v) is 3.32. The lowest BCUT2D eigenvalue weighted by Crippen LogP contribution is -2.51. The molecule has 2 heteroatoms. The van der Waals surface area contributed by atoms with Crippen LogP contribution in [0.25, 0.3) is 0 Å². The average molecular weight is 144 g/mol. The maximum Gasteiger partial charge on any atom is 0.115 e. The van der Waals surface area contributed by atoms with Gasteiger partial charge in [0.25, 0.3) is 0 Å². The van der Waals surface area contributed by atoms with E-state index in [4.69, 9.17) is 1.37 Å². The van der Waals surface area contributed by atoms with Crippen molar-refractivity contribution in [2.75, 3.05) is 0 Å². The fourth-order valence-corrected chi connectivity index (χ4v) is 1.95. The molecular weight excluding hydrogens is 129 g/mol. The van der Waals surface area contributed by atoms with Crippen molar-refractivity contribution in [3.63, 3.8) is 0 Å². The van der Waals surface area contributed by atoms with E-state index in [9.17, 15) is 4.39 Å². The summed E-state index contributed by atoms with van der Waals surface area (Å²) < 4.78 is 20.7. The molecule has 0 aliphatic carbocycles. The summed E-state index contributed by atoms with van der Waals surface area (Å²) in [6, 6.07) is 0.424. The fraction of sp³-hybridized carbons (Fsp3) is 1.00. The van der Waals surface area contributed by atoms with Gasteiger partial charge in [0.2, 0.25) is 0 Å². The van der Waals surface area contributed by atoms with E-state index >= 15 is 0 Å². The van der Waals surface area contributed by atoms with Crippen LogP contribution < -0.4 is 5.32 Å². The number of hydrogen-bond donors (Lipinski definition) is 1. The summed E-state index contributed by atoms with van der Waals surface area (Å²) in [6.07, 6.45) is 2.51. The van der Waals surface area contributed by atoms with Crippen LogP contribution in [0.3, 0.4) is 0 Å². The highest BCUT2D eigenvalue weighted by Crippen LogP contribution is 2.27. The highest BCUT2D eigenvalue weighted by Gasteiger charge is 2.32. The zero-order valence-corrected chi connectivity index (χ0v) is 6.02. The van der Waals surface area contributed by atoms with Gasteiger partial charge in [-0.05, 0) is 25.7 Å². The molecule has 2 aliphatic rings. The standard InChI is InChI=1S/C8H14FN/c9-7-5-4-6-2-1-3-8(7)10-6/h6-8,10H,1-5H2/t6-,7+,8+/m1/s1/i5D/t5-,6-,7+,8+. The largest absolute Gasteiger partial charge is 0.308 e. The molecular formula is C8H14FN. The van der Waals surface area contributed by atoms with Crippen LogP contribution >= 0.6 is 0 Å². The molecule has 0 saturated carbocycles. The predicted octanol–water partition coefficient (Wildman–Crippen LogP) is 1.63. The summed E-state index contributed by atoms with van der Waals surface area (Å²) in [5, 5.41) is 3.24. The SMILES string of the molecule is [2H][C@@H]1C[C@H]2CCC[C@H](N2)[C@H]1F. The lowest BCUT2D eigenvalue weighted by molar-refractivity contribution is 0.130. The van der Waals surface area contributed by atoms with Gasteiger partial charge in [0.1, 0.15) is 6.17 Å². The normalized spacial score (nSPS) is 55.9. The number of halogens is 1. The highest BCUT2D eigenvalue weighted by atomic mass is 19.1. The monoisotopic (exact) mass is 144 g/mol. The Morgan fingerprint density at radius 3 is 3.20 bits per heavy atom. The molecule has 0 amide bonds. The summed E-state index contributed by atoms with van der Waals surface area (Å²) in [5.41, 5.74) is 0. The minimum Gasteiger partial charge on any atom is -0.308 e. The quantitative estimate of drug-likeness (QED) is 0.545. The second kappa shape index (κ2) is 2.50. The van der Waals surface area contributed by atoms with E-state index in [1.807, 2.05) is 0 Å². The molecule has 2 aliphatic heterocycles. The molecule has 0 spiro atoms. The van der Waals surface area contributed by atoms with Gasteiger partial charge in [-0.3, -0.25) is 0 Å². The van der Waals surface area contributed by atoms with Crippen molar-refractivity contribution in [2.45, 2.75) is 50.3 Å². The molecule has 0 aromatic carbocycles. The third-order valence-corrected chi connectivity index (χ3v) is 2.55. The van der Waals surface area contributed by atoms with E-state index < -0.39 is 12.6 Å². The lowest BCUT2D eigenvalue weighted by atomic mass is 9.86. The Hall–Kier alpha value is -0.110. The molecule has 2 heterocycles. The molecule has 0 unspecified atom stereocenters. The first-order chi connectivity index (χ1) is 5.27. The number of fused-ring (bicyclic) bond motifs is 2. The minimum absolute atomic E-state index is 0.00926. The van der Waals surface area contributed by atoms with Crippen molar-refractivity contribution < 1.29 is 5.76 Å². The smallest absolute Gasteiger partial charge is 0.115 e. The molecule has 2 rings (SSSR count). The van der Waals surface area contributed by atoms with Gasteiger partial charge in [0.15, 0.2) is 0 Å². The number of rotatable bonds is 0. The fourth-order valence-electron chi connectivity index (χ4n) is 1.95. The van der Waals surface area contributed by atoms with E-state index in [0.717, 1.165) is 19.3 Å². The van der Waals surface area contributed by atoms with Crippen LogP contribution in [-0.2, 0) is 0 Å². The molecule has 2 saturated heterocycles. The van der Waals surface area contributed by atoms with Gasteiger partial charge < -0.3 is 5.32 Å². The Kier molecular flexibility index (Phi) is 1.38. The number of piperidine rings is 2. The van der Waals surface area contributed by atoms with Crippen LogP contribution in [0, 0.1) is 0 Å². The molecule has 0 aromatic rings. The van der Waals surface area contributed by atoms with Crippen molar-refractivity contribution in [1.82, 2.24) is 5.32 Å². The van der Waals surface area contributed by atoms with E-state index in [2.05, 4.69) is 5.32 Å². The first kappa shape index (κ1) is 5.53. The summed E-state index contributed by atoms with van der Waals surface area (Å²) in [4.78, 5) is 0. The zero-order valence-electron chi connectivity index (χ0n) is 7.02. The predicted molar refractivity (Wildman–Crippen MR) is 38.7 cm³/mol. The van der Waals surface area contributed by atoms with Crippen molar-refractivity contribution in [2.24, 2.45) is 0 Å². The summed E-state index contributed by atoms with van der Waals surface area (Å²) in [6.45, 7) is 0. The third kappa shape index (κ3) is 1.05. The topological polar surface area (TPSA) is 12.0 Å². The molecule has 0 radical (unpaired) electrons. The third-order valence-electron chi connectivity index (χ3n) is 2.55. The number of hydrogen-bond acceptors (Lipinski definition) is 1. The van der Waals surface area contributed by atoms with Crippen molar-refractivity contribution in [3.05, 3.63) is 0 Å². The van der Waals surface area contributed by atoms with Crippen molar-refractivity contribution >= 4 is 0 Å². The van der Waals surface area contributed by atoms with Crippen LogP contribution in [0.2, 0.25) is 0 Å². The zero-order chi connectivity index (χ0) is 7.84. The Morgan fingerprint density at radius 1 is 1.40 bits per heavy atom. The van der Waals surface area contributed by atoms with Crippen LogP contribution in [0.1, 0.15) is 33.5 Å². The summed E-state index contributed by atoms with van der Waals surface area (Å²) in [7, 11) is 0. The molecule has 2 fully saturated rings. The van der Waals surface area contributed by atoms with Gasteiger partial charge in [0.05, 0.1) is 0 Å². The van der Waals surface area contributed by atoms with Crippen LogP contribution in [0.4, 0.5) is 4.39 Å². The first-order valence-electron chi connectivity index (χ1n) is 4.67. The van der Waals surface area contributed by atoms with E-state index in [1.165, 1.54) is 0 Å². The highest BCUT2D eigenvalue weighted by molar-refractivity contribution is 4.90. The Morgan fingerprint density at radius 2 is 2.30 bits per heavy atom. The van der Waals surface area contributed by atoms with Crippen LogP contribution in [0.5, 0.6) is 0 Å². The van der Waals surface area contributed by atoms with Crippen LogP contribution in [-0.4, -0.2) is 18.3 Å². The minimum atomic E-state index is -0.924. The molecule has 1 N–H and O–H groups in total. The first-order valence-corrected chi connectivity index (χ1v) is 4.10. The molecule has 10 heavy (non-hydrogen) atoms. The number of nitrogens with one attached hydrogen (secondary N) is 1. The van der Waals surface area contributed by atoms with Gasteiger partial charge in [-0.25, -0.2) is 4.39 Å². The van der Waals surface area contributed by atoms with Crippen molar-refractivity contribution in [3.8, 4) is 0 Å². The number of alkyl halides is 1. The van der Waals surface area contributed by atoms with E-state index in [-0.39, 0.29) is 6.04 Å². The van der Waals surface area contributed by atoms with E-state index in [0.29, 0.717) is 12.5 Å². The van der Waals surface area contributed by atoms with Crippen LogP contribution in [0.15, 0.2) is 0 Å². The summed E-state index contributed by atoms with van der Waals surface area (Å²) in [5.74, 6) is 0. The summed E-state index contributed by atoms with van der Waals surface area (Å²) >= 11 is 0. The van der Waals surface area contributed by atoms with Gasteiger partial charge in [-0.2, -0.15) is 0 Å². The van der Waals surface area contributed by atoms with Gasteiger partial charge >= 0.3 is 0 Å². The molecule has 0 aromatic heterocycles. The second-order valence-electron chi connectivity index (χ2n) is 3.32. The maximum atomic E-state index is 13.2. The maximum absolute atomic E-state index is 13.2. The Balaban J connectivity index is 2.05. The van der Waals surface area contributed by atoms with Crippen molar-refractivity contribution in [1.29, 1.82) is 0 Å². The average Bonchev–Trinajstić information content (AvgIpc) is 2.01. The van der Waals surface area contributed by atoms with Gasteiger partial charge in [-0.15, -0.1) is 0 Å². The van der Waals surface area contributed by atoms with Gasteiger partial charge in [0, 0.05) is 13.5 Å². The Bertz CT molecular complexity index is 151. The molecule has 1 nitrogen and oxygen atoms in total. The molecule has 2 bridgehead atoms.